The topological polar surface area (TPSA) is 56.1 Å². The number of nitrogens with one attached hydrogen (secondary N) is 1. The maximum Gasteiger partial charge on any atom is 0.265 e. The Hall–Kier alpha value is -2.80. The molecule has 0 spiro atoms. The van der Waals surface area contributed by atoms with Gasteiger partial charge in [-0.1, -0.05) is 41.4 Å². The van der Waals surface area contributed by atoms with E-state index in [1.807, 2.05) is 54.8 Å². The molecule has 0 saturated heterocycles. The van der Waals surface area contributed by atoms with E-state index < -0.39 is 0 Å². The third kappa shape index (κ3) is 5.47. The van der Waals surface area contributed by atoms with Crippen molar-refractivity contribution < 1.29 is 9.53 Å². The van der Waals surface area contributed by atoms with Crippen molar-refractivity contribution in [2.75, 3.05) is 5.32 Å². The number of hydrogen-bond acceptors (Lipinski definition) is 4. The van der Waals surface area contributed by atoms with E-state index in [2.05, 4.69) is 10.4 Å². The average molecular weight is 472 g/mol. The molecular formula is C23H19Cl2N3O2S. The maximum absolute atomic E-state index is 12.6. The summed E-state index contributed by atoms with van der Waals surface area (Å²) >= 11 is 13.6. The third-order valence-electron chi connectivity index (χ3n) is 4.59. The Kier molecular flexibility index (Phi) is 6.61. The van der Waals surface area contributed by atoms with Crippen molar-refractivity contribution in [2.45, 2.75) is 20.1 Å². The van der Waals surface area contributed by atoms with Crippen molar-refractivity contribution in [3.8, 4) is 5.75 Å². The zero-order chi connectivity index (χ0) is 21.8. The van der Waals surface area contributed by atoms with Gasteiger partial charge in [0.1, 0.15) is 12.4 Å². The van der Waals surface area contributed by atoms with Crippen LogP contribution in [0.15, 0.2) is 66.3 Å². The highest BCUT2D eigenvalue weighted by Crippen LogP contribution is 2.24. The molecule has 2 aromatic heterocycles. The molecule has 0 bridgehead atoms. The van der Waals surface area contributed by atoms with Crippen molar-refractivity contribution in [3.05, 3.63) is 97.9 Å². The summed E-state index contributed by atoms with van der Waals surface area (Å²) < 4.78 is 7.59. The van der Waals surface area contributed by atoms with Gasteiger partial charge in [0.05, 0.1) is 23.3 Å². The van der Waals surface area contributed by atoms with Crippen LogP contribution in [-0.4, -0.2) is 15.7 Å². The summed E-state index contributed by atoms with van der Waals surface area (Å²) in [5, 5.41) is 10.5. The molecule has 0 unspecified atom stereocenters. The number of ether oxygens (including phenoxy) is 1. The lowest BCUT2D eigenvalue weighted by Gasteiger charge is -2.08. The van der Waals surface area contributed by atoms with Crippen molar-refractivity contribution >= 4 is 46.1 Å². The Bertz CT molecular complexity index is 1220. The fourth-order valence-electron chi connectivity index (χ4n) is 3.01. The van der Waals surface area contributed by atoms with Crippen molar-refractivity contribution in [1.82, 2.24) is 9.78 Å². The molecule has 4 rings (SSSR count). The lowest BCUT2D eigenvalue weighted by atomic mass is 10.2. The van der Waals surface area contributed by atoms with Gasteiger partial charge in [0.25, 0.3) is 5.91 Å². The molecule has 0 atom stereocenters. The van der Waals surface area contributed by atoms with Crippen LogP contribution in [-0.2, 0) is 13.2 Å². The smallest absolute Gasteiger partial charge is 0.265 e. The highest BCUT2D eigenvalue weighted by atomic mass is 35.5. The number of anilines is 1. The van der Waals surface area contributed by atoms with Crippen LogP contribution in [0.25, 0.3) is 0 Å². The van der Waals surface area contributed by atoms with Crippen LogP contribution < -0.4 is 10.1 Å². The fraction of sp³-hybridized carbons (Fsp3) is 0.130. The van der Waals surface area contributed by atoms with Gasteiger partial charge in [-0.25, -0.2) is 0 Å². The molecule has 1 N–H and O–H groups in total. The van der Waals surface area contributed by atoms with Gasteiger partial charge in [0, 0.05) is 21.8 Å². The molecule has 0 aliphatic rings. The van der Waals surface area contributed by atoms with Crippen molar-refractivity contribution in [2.24, 2.45) is 0 Å². The van der Waals surface area contributed by atoms with Crippen LogP contribution in [0.1, 0.15) is 26.4 Å². The summed E-state index contributed by atoms with van der Waals surface area (Å²) in [6.45, 7) is 2.85. The largest absolute Gasteiger partial charge is 0.489 e. The van der Waals surface area contributed by atoms with Gasteiger partial charge in [-0.15, -0.1) is 11.3 Å². The van der Waals surface area contributed by atoms with E-state index in [1.54, 1.807) is 23.1 Å². The van der Waals surface area contributed by atoms with Crippen molar-refractivity contribution in [3.63, 3.8) is 0 Å². The molecule has 0 fully saturated rings. The van der Waals surface area contributed by atoms with E-state index in [1.165, 1.54) is 11.3 Å². The van der Waals surface area contributed by atoms with Gasteiger partial charge in [-0.05, 0) is 53.8 Å². The fourth-order valence-corrected chi connectivity index (χ4v) is 4.23. The summed E-state index contributed by atoms with van der Waals surface area (Å²) in [7, 11) is 0. The Morgan fingerprint density at radius 2 is 2.03 bits per heavy atom. The summed E-state index contributed by atoms with van der Waals surface area (Å²) in [5.41, 5.74) is 3.48. The Balaban J connectivity index is 1.35. The molecule has 8 heteroatoms. The molecule has 0 aliphatic carbocycles. The highest BCUT2D eigenvalue weighted by molar-refractivity contribution is 7.12. The molecule has 2 heterocycles. The lowest BCUT2D eigenvalue weighted by Crippen LogP contribution is -2.09. The second kappa shape index (κ2) is 9.56. The van der Waals surface area contributed by atoms with Gasteiger partial charge in [-0.3, -0.25) is 9.48 Å². The normalized spacial score (nSPS) is 10.8. The number of benzene rings is 2. The SMILES string of the molecule is Cc1cc(Cl)ccc1OCc1csc(C(=O)Nc2cnn(Cc3ccccc3Cl)c2)c1. The highest BCUT2D eigenvalue weighted by Gasteiger charge is 2.12. The van der Waals surface area contributed by atoms with Crippen LogP contribution in [0.5, 0.6) is 5.75 Å². The molecule has 2 aromatic carbocycles. The Labute approximate surface area is 194 Å². The number of aryl methyl sites for hydroxylation is 1. The van der Waals surface area contributed by atoms with Gasteiger partial charge < -0.3 is 10.1 Å². The first kappa shape index (κ1) is 21.4. The molecule has 5 nitrogen and oxygen atoms in total. The molecule has 158 valence electrons. The van der Waals surface area contributed by atoms with Gasteiger partial charge in [0.2, 0.25) is 0 Å². The number of hydrogen-bond donors (Lipinski definition) is 1. The van der Waals surface area contributed by atoms with E-state index in [0.717, 1.165) is 22.4 Å². The van der Waals surface area contributed by atoms with E-state index in [-0.39, 0.29) is 5.91 Å². The van der Waals surface area contributed by atoms with Gasteiger partial charge in [-0.2, -0.15) is 5.10 Å². The first-order valence-corrected chi connectivity index (χ1v) is 11.1. The second-order valence-corrected chi connectivity index (χ2v) is 8.74. The van der Waals surface area contributed by atoms with Crippen LogP contribution in [0.3, 0.4) is 0 Å². The van der Waals surface area contributed by atoms with E-state index in [0.29, 0.717) is 33.8 Å². The maximum atomic E-state index is 12.6. The van der Waals surface area contributed by atoms with E-state index in [9.17, 15) is 4.79 Å². The predicted molar refractivity (Wildman–Crippen MR) is 126 cm³/mol. The quantitative estimate of drug-likeness (QED) is 0.337. The first-order valence-electron chi connectivity index (χ1n) is 9.51. The standard InChI is InChI=1S/C23H19Cl2N3O2S/c1-15-8-18(24)6-7-21(15)30-13-16-9-22(31-14-16)23(29)27-19-10-26-28(12-19)11-17-4-2-3-5-20(17)25/h2-10,12,14H,11,13H2,1H3,(H,27,29). The second-order valence-electron chi connectivity index (χ2n) is 6.99. The average Bonchev–Trinajstić information content (AvgIpc) is 3.39. The van der Waals surface area contributed by atoms with Gasteiger partial charge >= 0.3 is 0 Å². The summed E-state index contributed by atoms with van der Waals surface area (Å²) in [4.78, 5) is 13.2. The molecule has 0 radical (unpaired) electrons. The zero-order valence-electron chi connectivity index (χ0n) is 16.6. The van der Waals surface area contributed by atoms with Gasteiger partial charge in [0.15, 0.2) is 0 Å². The number of thiophene rings is 1. The number of carbonyl (C=O) groups excluding carboxylic acids is 1. The lowest BCUT2D eigenvalue weighted by molar-refractivity contribution is 0.103. The molecular weight excluding hydrogens is 453 g/mol. The Morgan fingerprint density at radius 3 is 2.84 bits per heavy atom. The Morgan fingerprint density at radius 1 is 1.19 bits per heavy atom. The minimum Gasteiger partial charge on any atom is -0.489 e. The van der Waals surface area contributed by atoms with Crippen LogP contribution in [0.2, 0.25) is 10.0 Å². The minimum absolute atomic E-state index is 0.184. The first-order chi connectivity index (χ1) is 15.0. The summed E-state index contributed by atoms with van der Waals surface area (Å²) in [5.74, 6) is 0.587. The minimum atomic E-state index is -0.184. The molecule has 4 aromatic rings. The number of aromatic nitrogens is 2. The summed E-state index contributed by atoms with van der Waals surface area (Å²) in [6.07, 6.45) is 3.40. The number of nitrogens with zero attached hydrogens (tertiary/aromatic N) is 2. The zero-order valence-corrected chi connectivity index (χ0v) is 19.0. The number of carbonyl (C=O) groups is 1. The van der Waals surface area contributed by atoms with E-state index >= 15 is 0 Å². The number of amides is 1. The summed E-state index contributed by atoms with van der Waals surface area (Å²) in [6, 6.07) is 14.9. The monoisotopic (exact) mass is 471 g/mol. The van der Waals surface area contributed by atoms with Crippen LogP contribution in [0, 0.1) is 6.92 Å². The number of halogens is 2. The molecule has 1 amide bonds. The molecule has 0 saturated carbocycles. The number of rotatable bonds is 7. The van der Waals surface area contributed by atoms with Crippen LogP contribution in [0.4, 0.5) is 5.69 Å². The predicted octanol–water partition coefficient (Wildman–Crippen LogP) is 6.44. The van der Waals surface area contributed by atoms with Crippen LogP contribution >= 0.6 is 34.5 Å². The third-order valence-corrected chi connectivity index (χ3v) is 6.17. The van der Waals surface area contributed by atoms with E-state index in [4.69, 9.17) is 27.9 Å². The molecule has 31 heavy (non-hydrogen) atoms. The molecule has 0 aliphatic heterocycles. The van der Waals surface area contributed by atoms with Crippen molar-refractivity contribution in [1.29, 1.82) is 0 Å².